The molecule has 4 saturated carbocycles. The normalized spacial score (nSPS) is 29.5. The predicted molar refractivity (Wildman–Crippen MR) is 119 cm³/mol. The molecule has 31 heavy (non-hydrogen) atoms. The van der Waals surface area contributed by atoms with Crippen LogP contribution in [-0.2, 0) is 16.0 Å². The minimum Gasteiger partial charge on any atom is -0.344 e. The van der Waals surface area contributed by atoms with Crippen molar-refractivity contribution < 1.29 is 14.4 Å². The lowest BCUT2D eigenvalue weighted by Gasteiger charge is -2.55. The van der Waals surface area contributed by atoms with Gasteiger partial charge in [0.15, 0.2) is 0 Å². The van der Waals surface area contributed by atoms with Gasteiger partial charge >= 0.3 is 0 Å². The van der Waals surface area contributed by atoms with Crippen molar-refractivity contribution in [1.82, 2.24) is 16.2 Å². The number of hydrazine groups is 1. The average molecular weight is 426 g/mol. The fourth-order valence-corrected chi connectivity index (χ4v) is 6.38. The third kappa shape index (κ3) is 4.48. The van der Waals surface area contributed by atoms with Crippen LogP contribution in [-0.4, -0.2) is 23.8 Å². The lowest BCUT2D eigenvalue weighted by Crippen LogP contribution is -2.59. The van der Waals surface area contributed by atoms with Crippen LogP contribution in [0.4, 0.5) is 0 Å². The maximum atomic E-state index is 13.4. The summed E-state index contributed by atoms with van der Waals surface area (Å²) in [6.45, 7) is 5.88. The molecule has 6 nitrogen and oxygen atoms in total. The van der Waals surface area contributed by atoms with Gasteiger partial charge in [-0.3, -0.25) is 25.2 Å². The van der Waals surface area contributed by atoms with Gasteiger partial charge in [0, 0.05) is 11.0 Å². The fourth-order valence-electron chi connectivity index (χ4n) is 6.38. The molecular formula is C25H35N3O3. The van der Waals surface area contributed by atoms with E-state index in [2.05, 4.69) is 23.1 Å². The number of amides is 3. The number of benzene rings is 1. The van der Waals surface area contributed by atoms with Crippen molar-refractivity contribution in [3.8, 4) is 0 Å². The van der Waals surface area contributed by atoms with Crippen LogP contribution in [0.2, 0.25) is 0 Å². The molecule has 0 saturated heterocycles. The molecule has 3 N–H and O–H groups in total. The number of hydrogen-bond donors (Lipinski definition) is 3. The number of hydrogen-bond acceptors (Lipinski definition) is 3. The molecule has 1 aromatic rings. The smallest absolute Gasteiger partial charge is 0.269 e. The van der Waals surface area contributed by atoms with Crippen molar-refractivity contribution in [3.05, 3.63) is 35.4 Å². The third-order valence-corrected chi connectivity index (χ3v) is 7.68. The highest BCUT2D eigenvalue weighted by Crippen LogP contribution is 2.60. The Kier molecular flexibility index (Phi) is 6.09. The van der Waals surface area contributed by atoms with E-state index in [0.717, 1.165) is 31.2 Å². The molecule has 0 spiro atoms. The van der Waals surface area contributed by atoms with Gasteiger partial charge in [0.1, 0.15) is 6.04 Å². The number of aryl methyl sites for hydroxylation is 1. The van der Waals surface area contributed by atoms with E-state index >= 15 is 0 Å². The SMILES string of the molecule is CCc1ccc(C(=O)NNC(=O)C(NC(=O)C23CC4CC(CC(C4)C2)C3)C(C)C)cc1. The largest absolute Gasteiger partial charge is 0.344 e. The molecular weight excluding hydrogens is 390 g/mol. The Balaban J connectivity index is 1.36. The molecule has 0 aliphatic heterocycles. The summed E-state index contributed by atoms with van der Waals surface area (Å²) in [6.07, 6.45) is 7.59. The maximum absolute atomic E-state index is 13.4. The Morgan fingerprint density at radius 3 is 1.97 bits per heavy atom. The minimum atomic E-state index is -0.678. The summed E-state index contributed by atoms with van der Waals surface area (Å²) in [5.74, 6) is 1.20. The molecule has 0 heterocycles. The van der Waals surface area contributed by atoms with Crippen LogP contribution < -0.4 is 16.2 Å². The Hall–Kier alpha value is -2.37. The van der Waals surface area contributed by atoms with Crippen molar-refractivity contribution in [2.75, 3.05) is 0 Å². The Morgan fingerprint density at radius 2 is 1.48 bits per heavy atom. The van der Waals surface area contributed by atoms with Gasteiger partial charge in [0.05, 0.1) is 0 Å². The van der Waals surface area contributed by atoms with Gasteiger partial charge in [-0.2, -0.15) is 0 Å². The topological polar surface area (TPSA) is 87.3 Å². The second-order valence-electron chi connectivity index (χ2n) is 10.4. The highest BCUT2D eigenvalue weighted by molar-refractivity contribution is 5.96. The summed E-state index contributed by atoms with van der Waals surface area (Å²) < 4.78 is 0. The van der Waals surface area contributed by atoms with E-state index < -0.39 is 6.04 Å². The van der Waals surface area contributed by atoms with Crippen LogP contribution in [0.3, 0.4) is 0 Å². The van der Waals surface area contributed by atoms with Gasteiger partial charge in [-0.15, -0.1) is 0 Å². The van der Waals surface area contributed by atoms with Gasteiger partial charge in [0.25, 0.3) is 11.8 Å². The first-order valence-electron chi connectivity index (χ1n) is 11.8. The zero-order chi connectivity index (χ0) is 22.2. The van der Waals surface area contributed by atoms with E-state index in [0.29, 0.717) is 23.3 Å². The molecule has 1 atom stereocenters. The Morgan fingerprint density at radius 1 is 0.935 bits per heavy atom. The number of carbonyl (C=O) groups excluding carboxylic acids is 3. The van der Waals surface area contributed by atoms with Crippen LogP contribution in [0.25, 0.3) is 0 Å². The molecule has 1 aromatic carbocycles. The van der Waals surface area contributed by atoms with Crippen molar-refractivity contribution in [3.63, 3.8) is 0 Å². The van der Waals surface area contributed by atoms with Crippen molar-refractivity contribution in [1.29, 1.82) is 0 Å². The van der Waals surface area contributed by atoms with E-state index in [9.17, 15) is 14.4 Å². The first-order chi connectivity index (χ1) is 14.8. The first-order valence-corrected chi connectivity index (χ1v) is 11.8. The molecule has 5 rings (SSSR count). The monoisotopic (exact) mass is 425 g/mol. The summed E-state index contributed by atoms with van der Waals surface area (Å²) in [4.78, 5) is 38.6. The Labute approximate surface area is 184 Å². The summed E-state index contributed by atoms with van der Waals surface area (Å²) in [6, 6.07) is 6.62. The van der Waals surface area contributed by atoms with Crippen LogP contribution in [0.5, 0.6) is 0 Å². The average Bonchev–Trinajstić information content (AvgIpc) is 2.74. The predicted octanol–water partition coefficient (Wildman–Crippen LogP) is 3.37. The second kappa shape index (κ2) is 8.64. The molecule has 4 bridgehead atoms. The van der Waals surface area contributed by atoms with E-state index in [-0.39, 0.29) is 29.1 Å². The zero-order valence-corrected chi connectivity index (χ0v) is 18.9. The minimum absolute atomic E-state index is 0.0296. The molecule has 0 aromatic heterocycles. The molecule has 4 aliphatic carbocycles. The fraction of sp³-hybridized carbons (Fsp3) is 0.640. The van der Waals surface area contributed by atoms with Crippen molar-refractivity contribution in [2.45, 2.75) is 71.8 Å². The standard InChI is InChI=1S/C25H35N3O3/c1-4-16-5-7-20(8-6-16)22(29)27-28-23(30)21(15(2)3)26-24(31)25-12-17-9-18(13-25)11-19(10-17)14-25/h5-8,15,17-19,21H,4,9-14H2,1-3H3,(H,26,31)(H,27,29)(H,28,30). The number of rotatable bonds is 6. The summed E-state index contributed by atoms with van der Waals surface area (Å²) in [5.41, 5.74) is 6.34. The van der Waals surface area contributed by atoms with E-state index in [4.69, 9.17) is 0 Å². The summed E-state index contributed by atoms with van der Waals surface area (Å²) >= 11 is 0. The van der Waals surface area contributed by atoms with Crippen molar-refractivity contribution in [2.24, 2.45) is 29.1 Å². The molecule has 168 valence electrons. The molecule has 6 heteroatoms. The summed E-state index contributed by atoms with van der Waals surface area (Å²) in [7, 11) is 0. The van der Waals surface area contributed by atoms with Gasteiger partial charge in [-0.1, -0.05) is 32.9 Å². The van der Waals surface area contributed by atoms with Gasteiger partial charge in [-0.25, -0.2) is 0 Å². The number of nitrogens with one attached hydrogen (secondary N) is 3. The quantitative estimate of drug-likeness (QED) is 0.611. The van der Waals surface area contributed by atoms with Crippen LogP contribution in [0.15, 0.2) is 24.3 Å². The highest BCUT2D eigenvalue weighted by atomic mass is 16.2. The summed E-state index contributed by atoms with van der Waals surface area (Å²) in [5, 5.41) is 3.05. The van der Waals surface area contributed by atoms with Gasteiger partial charge in [-0.05, 0) is 86.3 Å². The van der Waals surface area contributed by atoms with Gasteiger partial charge in [0.2, 0.25) is 5.91 Å². The second-order valence-corrected chi connectivity index (χ2v) is 10.4. The molecule has 3 amide bonds. The first kappa shape index (κ1) is 21.8. The van der Waals surface area contributed by atoms with Crippen molar-refractivity contribution >= 4 is 17.7 Å². The zero-order valence-electron chi connectivity index (χ0n) is 18.9. The molecule has 4 aliphatic rings. The van der Waals surface area contributed by atoms with Gasteiger partial charge < -0.3 is 5.32 Å². The lowest BCUT2D eigenvalue weighted by atomic mass is 9.49. The maximum Gasteiger partial charge on any atom is 0.269 e. The number of carbonyl (C=O) groups is 3. The van der Waals surface area contributed by atoms with Crippen LogP contribution >= 0.6 is 0 Å². The van der Waals surface area contributed by atoms with E-state index in [1.807, 2.05) is 26.0 Å². The molecule has 4 fully saturated rings. The molecule has 0 radical (unpaired) electrons. The third-order valence-electron chi connectivity index (χ3n) is 7.68. The molecule has 1 unspecified atom stereocenters. The lowest BCUT2D eigenvalue weighted by molar-refractivity contribution is -0.149. The van der Waals surface area contributed by atoms with E-state index in [1.54, 1.807) is 12.1 Å². The Bertz CT molecular complexity index is 811. The van der Waals surface area contributed by atoms with Crippen LogP contribution in [0.1, 0.15) is 75.2 Å². The van der Waals surface area contributed by atoms with E-state index in [1.165, 1.54) is 19.3 Å². The van der Waals surface area contributed by atoms with Crippen LogP contribution in [0, 0.1) is 29.1 Å². The highest BCUT2D eigenvalue weighted by Gasteiger charge is 2.55.